The van der Waals surface area contributed by atoms with Gasteiger partial charge in [-0.25, -0.2) is 9.59 Å². The summed E-state index contributed by atoms with van der Waals surface area (Å²) in [6, 6.07) is 22.3. The van der Waals surface area contributed by atoms with E-state index in [0.29, 0.717) is 48.4 Å². The van der Waals surface area contributed by atoms with Crippen molar-refractivity contribution in [3.63, 3.8) is 0 Å². The lowest BCUT2D eigenvalue weighted by molar-refractivity contribution is 0.00554. The molecule has 2 amide bonds. The monoisotopic (exact) mass is 555 g/mol. The third-order valence-corrected chi connectivity index (χ3v) is 7.01. The Kier molecular flexibility index (Phi) is 10.0. The van der Waals surface area contributed by atoms with Gasteiger partial charge in [0.2, 0.25) is 0 Å². The van der Waals surface area contributed by atoms with E-state index in [1.165, 1.54) is 7.11 Å². The van der Waals surface area contributed by atoms with Gasteiger partial charge in [-0.15, -0.1) is 0 Å². The summed E-state index contributed by atoms with van der Waals surface area (Å²) in [5.74, 6) is -0.366. The van der Waals surface area contributed by atoms with E-state index >= 15 is 0 Å². The van der Waals surface area contributed by atoms with E-state index in [-0.39, 0.29) is 18.1 Å². The number of methoxy groups -OCH3 is 1. The van der Waals surface area contributed by atoms with Gasteiger partial charge in [0.1, 0.15) is 0 Å². The fourth-order valence-corrected chi connectivity index (χ4v) is 4.50. The minimum absolute atomic E-state index is 0.0690. The molecule has 3 aromatic carbocycles. The molecule has 3 aromatic rings. The number of urea groups is 1. The quantitative estimate of drug-likeness (QED) is 0.350. The van der Waals surface area contributed by atoms with Crippen LogP contribution in [0.15, 0.2) is 72.8 Å². The van der Waals surface area contributed by atoms with Crippen molar-refractivity contribution in [1.82, 2.24) is 15.1 Å². The minimum Gasteiger partial charge on any atom is -0.465 e. The van der Waals surface area contributed by atoms with Crippen LogP contribution < -0.4 is 5.32 Å². The van der Waals surface area contributed by atoms with Gasteiger partial charge in [0.05, 0.1) is 25.4 Å². The number of nitrogens with one attached hydrogen (secondary N) is 1. The zero-order valence-corrected chi connectivity index (χ0v) is 22.8. The molecule has 1 fully saturated rings. The Morgan fingerprint density at radius 2 is 1.42 bits per heavy atom. The second-order valence-corrected chi connectivity index (χ2v) is 9.99. The number of nitrogens with zero attached hydrogens (tertiary/aromatic N) is 2. The second-order valence-electron chi connectivity index (χ2n) is 9.11. The molecule has 0 unspecified atom stereocenters. The van der Waals surface area contributed by atoms with Gasteiger partial charge in [-0.3, -0.25) is 4.90 Å². The number of benzene rings is 3. The summed E-state index contributed by atoms with van der Waals surface area (Å²) >= 11 is 12.0. The summed E-state index contributed by atoms with van der Waals surface area (Å²) in [4.78, 5) is 28.5. The highest BCUT2D eigenvalue weighted by Crippen LogP contribution is 2.23. The van der Waals surface area contributed by atoms with Crippen molar-refractivity contribution in [2.24, 2.45) is 0 Å². The van der Waals surface area contributed by atoms with Gasteiger partial charge in [0, 0.05) is 49.3 Å². The number of halogens is 2. The number of ether oxygens (including phenoxy) is 2. The van der Waals surface area contributed by atoms with Gasteiger partial charge in [0.25, 0.3) is 0 Å². The average Bonchev–Trinajstić information content (AvgIpc) is 2.95. The molecule has 0 aliphatic carbocycles. The molecular weight excluding hydrogens is 525 g/mol. The lowest BCUT2D eigenvalue weighted by atomic mass is 10.1. The Bertz CT molecular complexity index is 1200. The first-order chi connectivity index (χ1) is 18.4. The molecule has 4 rings (SSSR count). The van der Waals surface area contributed by atoms with Crippen LogP contribution in [0.5, 0.6) is 0 Å². The van der Waals surface area contributed by atoms with Gasteiger partial charge in [-0.05, 0) is 53.1 Å². The molecule has 0 spiro atoms. The smallest absolute Gasteiger partial charge is 0.337 e. The number of piperazine rings is 1. The number of amides is 2. The SMILES string of the molecule is COC(=O)c1ccc(CO[C@H](CN2CCN(C(=O)NCc3ccc(Cl)cc3)CC2)c2ccc(Cl)cc2)cc1. The molecule has 1 heterocycles. The highest BCUT2D eigenvalue weighted by Gasteiger charge is 2.24. The van der Waals surface area contributed by atoms with Gasteiger partial charge in [-0.1, -0.05) is 59.6 Å². The number of carbonyl (C=O) groups is 2. The number of carbonyl (C=O) groups excluding carboxylic acids is 2. The molecule has 200 valence electrons. The van der Waals surface area contributed by atoms with Gasteiger partial charge < -0.3 is 19.7 Å². The van der Waals surface area contributed by atoms with Crippen LogP contribution in [-0.2, 0) is 22.6 Å². The lowest BCUT2D eigenvalue weighted by Gasteiger charge is -2.36. The fraction of sp³-hybridized carbons (Fsp3) is 0.310. The van der Waals surface area contributed by atoms with E-state index in [4.69, 9.17) is 32.7 Å². The molecule has 9 heteroatoms. The molecule has 0 saturated carbocycles. The number of hydrogen-bond donors (Lipinski definition) is 1. The standard InChI is InChI=1S/C29H31Cl2N3O4/c1-37-28(35)24-6-2-22(3-7-24)20-38-27(23-8-12-26(31)13-9-23)19-33-14-16-34(17-15-33)29(36)32-18-21-4-10-25(30)11-5-21/h2-13,27H,14-20H2,1H3,(H,32,36)/t27-/m1/s1. The molecule has 0 aromatic heterocycles. The molecule has 0 radical (unpaired) electrons. The molecule has 1 aliphatic rings. The van der Waals surface area contributed by atoms with Gasteiger partial charge >= 0.3 is 12.0 Å². The van der Waals surface area contributed by atoms with Crippen LogP contribution in [0, 0.1) is 0 Å². The number of hydrogen-bond acceptors (Lipinski definition) is 5. The zero-order chi connectivity index (χ0) is 26.9. The van der Waals surface area contributed by atoms with E-state index in [2.05, 4.69) is 10.2 Å². The molecule has 7 nitrogen and oxygen atoms in total. The fourth-order valence-electron chi connectivity index (χ4n) is 4.24. The van der Waals surface area contributed by atoms with Crippen LogP contribution in [0.3, 0.4) is 0 Å². The highest BCUT2D eigenvalue weighted by atomic mass is 35.5. The molecule has 1 N–H and O–H groups in total. The van der Waals surface area contributed by atoms with Crippen LogP contribution in [0.2, 0.25) is 10.0 Å². The third-order valence-electron chi connectivity index (χ3n) is 6.51. The zero-order valence-electron chi connectivity index (χ0n) is 21.2. The highest BCUT2D eigenvalue weighted by molar-refractivity contribution is 6.30. The van der Waals surface area contributed by atoms with Crippen molar-refractivity contribution < 1.29 is 19.1 Å². The molecule has 1 aliphatic heterocycles. The van der Waals surface area contributed by atoms with Crippen molar-refractivity contribution in [1.29, 1.82) is 0 Å². The summed E-state index contributed by atoms with van der Waals surface area (Å²) in [5.41, 5.74) is 3.49. The van der Waals surface area contributed by atoms with E-state index in [1.807, 2.05) is 65.6 Å². The Balaban J connectivity index is 1.31. The van der Waals surface area contributed by atoms with Crippen molar-refractivity contribution in [3.05, 3.63) is 105 Å². The average molecular weight is 556 g/mol. The molecule has 1 saturated heterocycles. The van der Waals surface area contributed by atoms with Crippen molar-refractivity contribution in [2.45, 2.75) is 19.3 Å². The first-order valence-electron chi connectivity index (χ1n) is 12.4. The van der Waals surface area contributed by atoms with Gasteiger partial charge in [0.15, 0.2) is 0 Å². The Hall–Kier alpha value is -3.10. The maximum Gasteiger partial charge on any atom is 0.337 e. The van der Waals surface area contributed by atoms with Crippen molar-refractivity contribution >= 4 is 35.2 Å². The van der Waals surface area contributed by atoms with E-state index in [1.54, 1.807) is 12.1 Å². The Morgan fingerprint density at radius 1 is 0.842 bits per heavy atom. The summed E-state index contributed by atoms with van der Waals surface area (Å²) < 4.78 is 11.1. The maximum absolute atomic E-state index is 12.7. The van der Waals surface area contributed by atoms with Crippen LogP contribution in [0.1, 0.15) is 33.2 Å². The normalized spacial score (nSPS) is 14.7. The summed E-state index contributed by atoms with van der Waals surface area (Å²) in [5, 5.41) is 4.33. The predicted octanol–water partition coefficient (Wildman–Crippen LogP) is 5.57. The van der Waals surface area contributed by atoms with Crippen LogP contribution in [0.25, 0.3) is 0 Å². The molecular formula is C29H31Cl2N3O4. The van der Waals surface area contributed by atoms with Crippen LogP contribution in [-0.4, -0.2) is 61.6 Å². The number of rotatable bonds is 9. The third kappa shape index (κ3) is 7.95. The molecule has 0 bridgehead atoms. The Labute approximate surface area is 233 Å². The second kappa shape index (κ2) is 13.6. The van der Waals surface area contributed by atoms with E-state index in [0.717, 1.165) is 29.8 Å². The van der Waals surface area contributed by atoms with Crippen molar-refractivity contribution in [3.8, 4) is 0 Å². The summed E-state index contributed by atoms with van der Waals surface area (Å²) in [7, 11) is 1.36. The predicted molar refractivity (Wildman–Crippen MR) is 148 cm³/mol. The summed E-state index contributed by atoms with van der Waals surface area (Å²) in [6.07, 6.45) is -0.183. The number of esters is 1. The first-order valence-corrected chi connectivity index (χ1v) is 13.2. The van der Waals surface area contributed by atoms with Crippen LogP contribution in [0.4, 0.5) is 4.79 Å². The first kappa shape index (κ1) is 27.9. The minimum atomic E-state index is -0.366. The maximum atomic E-state index is 12.7. The van der Waals surface area contributed by atoms with Gasteiger partial charge in [-0.2, -0.15) is 0 Å². The van der Waals surface area contributed by atoms with Crippen LogP contribution >= 0.6 is 23.2 Å². The Morgan fingerprint density at radius 3 is 2.03 bits per heavy atom. The summed E-state index contributed by atoms with van der Waals surface area (Å²) in [6.45, 7) is 4.29. The van der Waals surface area contributed by atoms with Crippen molar-refractivity contribution in [2.75, 3.05) is 39.8 Å². The largest absolute Gasteiger partial charge is 0.465 e. The van der Waals surface area contributed by atoms with E-state index in [9.17, 15) is 9.59 Å². The van der Waals surface area contributed by atoms with E-state index < -0.39 is 0 Å². The lowest BCUT2D eigenvalue weighted by Crippen LogP contribution is -2.52. The topological polar surface area (TPSA) is 71.1 Å². The molecule has 1 atom stereocenters. The molecule has 38 heavy (non-hydrogen) atoms.